The smallest absolute Gasteiger partial charge is 0.435 e. The summed E-state index contributed by atoms with van der Waals surface area (Å²) >= 11 is 6.59. The molecule has 15 nitrogen and oxygen atoms in total. The Hall–Kier alpha value is -4.10. The number of carbonyl (C=O) groups excluding carboxylic acids is 1. The summed E-state index contributed by atoms with van der Waals surface area (Å²) < 4.78 is 22.6. The van der Waals surface area contributed by atoms with E-state index in [1.807, 2.05) is 24.3 Å². The van der Waals surface area contributed by atoms with Crippen LogP contribution in [0.15, 0.2) is 30.5 Å². The van der Waals surface area contributed by atoms with Crippen molar-refractivity contribution in [3.05, 3.63) is 41.3 Å². The predicted octanol–water partition coefficient (Wildman–Crippen LogP) is 4.61. The number of hydrogen-bond acceptors (Lipinski definition) is 14. The largest absolute Gasteiger partial charge is 0.508 e. The van der Waals surface area contributed by atoms with Gasteiger partial charge in [-0.25, -0.2) is 19.4 Å². The summed E-state index contributed by atoms with van der Waals surface area (Å²) in [5, 5.41) is 32.6. The second-order valence-electron chi connectivity index (χ2n) is 12.4. The third kappa shape index (κ3) is 10.7. The lowest BCUT2D eigenvalue weighted by Gasteiger charge is -2.32. The van der Waals surface area contributed by atoms with Crippen molar-refractivity contribution in [2.24, 2.45) is 5.41 Å². The van der Waals surface area contributed by atoms with E-state index in [1.54, 1.807) is 17.8 Å². The topological polar surface area (TPSA) is 183 Å². The maximum atomic E-state index is 11.4. The highest BCUT2D eigenvalue weighted by Crippen LogP contribution is 2.32. The van der Waals surface area contributed by atoms with Crippen molar-refractivity contribution in [1.82, 2.24) is 35.5 Å². The Balaban J connectivity index is 1.04. The Morgan fingerprint density at radius 3 is 2.76 bits per heavy atom. The summed E-state index contributed by atoms with van der Waals surface area (Å²) in [6.07, 6.45) is 6.40. The molecule has 1 atom stereocenters. The molecule has 3 aromatic heterocycles. The maximum absolute atomic E-state index is 11.4. The molecule has 4 heterocycles. The Bertz CT molecular complexity index is 1540. The number of tetrazole rings is 1. The Morgan fingerprint density at radius 1 is 1.18 bits per heavy atom. The number of aromatic nitrogens is 6. The van der Waals surface area contributed by atoms with Crippen molar-refractivity contribution in [2.45, 2.75) is 83.6 Å². The molecule has 0 radical (unpaired) electrons. The first-order valence-corrected chi connectivity index (χ1v) is 17.2. The Kier molecular flexibility index (Phi) is 13.3. The zero-order valence-electron chi connectivity index (χ0n) is 28.1. The van der Waals surface area contributed by atoms with Crippen LogP contribution in [0.3, 0.4) is 0 Å². The van der Waals surface area contributed by atoms with Gasteiger partial charge >= 0.3 is 6.16 Å². The average molecular weight is 697 g/mol. The van der Waals surface area contributed by atoms with Gasteiger partial charge in [0.25, 0.3) is 0 Å². The van der Waals surface area contributed by atoms with E-state index in [0.29, 0.717) is 74.5 Å². The van der Waals surface area contributed by atoms with E-state index in [4.69, 9.17) is 35.5 Å². The number of anilines is 2. The highest BCUT2D eigenvalue weighted by Gasteiger charge is 2.32. The molecule has 3 aromatic rings. The molecule has 0 aromatic carbocycles. The van der Waals surface area contributed by atoms with E-state index in [0.717, 1.165) is 42.8 Å². The van der Waals surface area contributed by atoms with Gasteiger partial charge in [0.1, 0.15) is 24.8 Å². The van der Waals surface area contributed by atoms with Gasteiger partial charge in [0.2, 0.25) is 0 Å². The molecule has 49 heavy (non-hydrogen) atoms. The molecular weight excluding hydrogens is 652 g/mol. The number of carbonyl (C=O) groups is 1. The molecule has 16 heteroatoms. The van der Waals surface area contributed by atoms with Crippen molar-refractivity contribution in [3.8, 4) is 17.3 Å². The summed E-state index contributed by atoms with van der Waals surface area (Å²) in [5.41, 5.74) is 1.09. The molecule has 3 N–H and O–H groups in total. The van der Waals surface area contributed by atoms with Crippen LogP contribution in [0.4, 0.5) is 16.4 Å². The van der Waals surface area contributed by atoms with Gasteiger partial charge in [-0.3, -0.25) is 0 Å². The summed E-state index contributed by atoms with van der Waals surface area (Å²) in [4.78, 5) is 20.7. The standard InChI is InChI=1S/C33H45ClN10O5/c1-3-48-32(45)49-16-13-44-31(41-42-43-44)20-47-19-23(2)38-24-7-9-25(10-8-24)39-30-17-26(27(34)18-36-30)28-5-4-6-29(40-28)37-22-33(21-35)11-14-46-15-12-33/h4-6,17-18,23-25,38H,3,7-16,19-20,22H2,1-2H3,(H,36,39)(H,37,40). The zero-order chi connectivity index (χ0) is 34.5. The molecular formula is C33H45ClN10O5. The first kappa shape index (κ1) is 36.2. The molecule has 1 unspecified atom stereocenters. The molecule has 0 bridgehead atoms. The van der Waals surface area contributed by atoms with Crippen LogP contribution in [-0.4, -0.2) is 94.0 Å². The predicted molar refractivity (Wildman–Crippen MR) is 182 cm³/mol. The van der Waals surface area contributed by atoms with E-state index in [9.17, 15) is 10.1 Å². The number of hydrogen-bond donors (Lipinski definition) is 3. The highest BCUT2D eigenvalue weighted by molar-refractivity contribution is 6.33. The SMILES string of the molecule is CCOC(=O)OCCn1nnnc1COCC(C)NC1CCC(Nc2cc(-c3cccc(NCC4(C#N)CCOCC4)n3)c(Cl)cn2)CC1. The third-order valence-corrected chi connectivity index (χ3v) is 9.07. The van der Waals surface area contributed by atoms with E-state index >= 15 is 0 Å². The quantitative estimate of drug-likeness (QED) is 0.177. The van der Waals surface area contributed by atoms with Gasteiger partial charge in [-0.1, -0.05) is 17.7 Å². The second-order valence-corrected chi connectivity index (χ2v) is 12.8. The van der Waals surface area contributed by atoms with Gasteiger partial charge in [0, 0.05) is 49.6 Å². The molecule has 264 valence electrons. The minimum Gasteiger partial charge on any atom is -0.435 e. The molecule has 0 spiro atoms. The van der Waals surface area contributed by atoms with Crippen LogP contribution < -0.4 is 16.0 Å². The van der Waals surface area contributed by atoms with Gasteiger partial charge < -0.3 is 34.9 Å². The van der Waals surface area contributed by atoms with Gasteiger partial charge in [-0.15, -0.1) is 5.10 Å². The number of nitriles is 1. The molecule has 1 aliphatic carbocycles. The maximum Gasteiger partial charge on any atom is 0.508 e. The first-order valence-electron chi connectivity index (χ1n) is 16.9. The average Bonchev–Trinajstić information content (AvgIpc) is 3.56. The van der Waals surface area contributed by atoms with Gasteiger partial charge in [0.05, 0.1) is 42.0 Å². The second kappa shape index (κ2) is 18.1. The highest BCUT2D eigenvalue weighted by atomic mass is 35.5. The Labute approximate surface area is 291 Å². The van der Waals surface area contributed by atoms with Crippen LogP contribution in [0.1, 0.15) is 58.2 Å². The molecule has 0 amide bonds. The van der Waals surface area contributed by atoms with Crippen LogP contribution >= 0.6 is 11.6 Å². The van der Waals surface area contributed by atoms with E-state index < -0.39 is 11.6 Å². The van der Waals surface area contributed by atoms with Crippen molar-refractivity contribution in [2.75, 3.05) is 50.2 Å². The fraction of sp³-hybridized carbons (Fsp3) is 0.606. The van der Waals surface area contributed by atoms with Gasteiger partial charge in [0.15, 0.2) is 5.82 Å². The molecule has 2 aliphatic rings. The van der Waals surface area contributed by atoms with Gasteiger partial charge in [-0.2, -0.15) is 5.26 Å². The number of pyridine rings is 2. The normalized spacial score (nSPS) is 19.4. The molecule has 1 saturated carbocycles. The first-order chi connectivity index (χ1) is 23.9. The van der Waals surface area contributed by atoms with Gasteiger partial charge in [-0.05, 0) is 81.0 Å². The summed E-state index contributed by atoms with van der Waals surface area (Å²) in [6.45, 7) is 6.95. The van der Waals surface area contributed by atoms with Crippen molar-refractivity contribution >= 4 is 29.4 Å². The van der Waals surface area contributed by atoms with E-state index in [-0.39, 0.29) is 25.9 Å². The Morgan fingerprint density at radius 2 is 1.98 bits per heavy atom. The van der Waals surface area contributed by atoms with E-state index in [2.05, 4.69) is 49.5 Å². The van der Waals surface area contributed by atoms with E-state index in [1.165, 1.54) is 0 Å². The van der Waals surface area contributed by atoms with Crippen LogP contribution in [-0.2, 0) is 32.1 Å². The molecule has 2 fully saturated rings. The number of halogens is 1. The van der Waals surface area contributed by atoms with Crippen molar-refractivity contribution in [3.63, 3.8) is 0 Å². The van der Waals surface area contributed by atoms with Crippen molar-refractivity contribution in [1.29, 1.82) is 5.26 Å². The minimum atomic E-state index is -0.713. The lowest BCUT2D eigenvalue weighted by molar-refractivity contribution is 0.0455. The molecule has 1 aliphatic heterocycles. The minimum absolute atomic E-state index is 0.104. The third-order valence-electron chi connectivity index (χ3n) is 8.77. The van der Waals surface area contributed by atoms with Crippen LogP contribution in [0, 0.1) is 16.7 Å². The fourth-order valence-electron chi connectivity index (χ4n) is 6.01. The number of nitrogens with one attached hydrogen (secondary N) is 3. The number of ether oxygens (including phenoxy) is 4. The van der Waals surface area contributed by atoms with Crippen LogP contribution in [0.25, 0.3) is 11.3 Å². The summed E-state index contributed by atoms with van der Waals surface area (Å²) in [7, 11) is 0. The lowest BCUT2D eigenvalue weighted by Crippen LogP contribution is -2.43. The monoisotopic (exact) mass is 696 g/mol. The molecule has 5 rings (SSSR count). The fourth-order valence-corrected chi connectivity index (χ4v) is 6.21. The summed E-state index contributed by atoms with van der Waals surface area (Å²) in [5.74, 6) is 2.02. The van der Waals surface area contributed by atoms with Crippen LogP contribution in [0.5, 0.6) is 0 Å². The zero-order valence-corrected chi connectivity index (χ0v) is 28.8. The number of rotatable bonds is 16. The van der Waals surface area contributed by atoms with Crippen molar-refractivity contribution < 1.29 is 23.7 Å². The molecule has 1 saturated heterocycles. The van der Waals surface area contributed by atoms with Crippen LogP contribution in [0.2, 0.25) is 5.02 Å². The number of nitrogens with zero attached hydrogens (tertiary/aromatic N) is 7. The summed E-state index contributed by atoms with van der Waals surface area (Å²) in [6, 6.07) is 11.0. The lowest BCUT2D eigenvalue weighted by atomic mass is 9.82.